The molecule has 3 heteroatoms. The molecule has 0 amide bonds. The highest BCUT2D eigenvalue weighted by atomic mass is 16.5. The van der Waals surface area contributed by atoms with Crippen LogP contribution in [0.5, 0.6) is 5.75 Å². The Morgan fingerprint density at radius 1 is 1.35 bits per heavy atom. The maximum absolute atomic E-state index is 6.07. The number of methoxy groups -OCH3 is 1. The van der Waals surface area contributed by atoms with Gasteiger partial charge in [0, 0.05) is 30.4 Å². The minimum absolute atomic E-state index is 0.0212. The van der Waals surface area contributed by atoms with Crippen molar-refractivity contribution in [1.82, 2.24) is 0 Å². The van der Waals surface area contributed by atoms with E-state index >= 15 is 0 Å². The van der Waals surface area contributed by atoms with Crippen LogP contribution in [0.1, 0.15) is 38.8 Å². The molecule has 0 aliphatic heterocycles. The van der Waals surface area contributed by atoms with Crippen molar-refractivity contribution in [3.63, 3.8) is 0 Å². The molecule has 0 aliphatic carbocycles. The zero-order chi connectivity index (χ0) is 12.8. The average molecular weight is 236 g/mol. The Kier molecular flexibility index (Phi) is 5.29. The molecule has 1 rings (SSSR count). The monoisotopic (exact) mass is 236 g/mol. The molecule has 0 spiro atoms. The zero-order valence-corrected chi connectivity index (χ0v) is 11.4. The Labute approximate surface area is 105 Å². The van der Waals surface area contributed by atoms with E-state index in [2.05, 4.69) is 24.8 Å². The highest BCUT2D eigenvalue weighted by Gasteiger charge is 2.16. The van der Waals surface area contributed by atoms with Gasteiger partial charge in [0.15, 0.2) is 0 Å². The minimum atomic E-state index is -0.0212. The quantitative estimate of drug-likeness (QED) is 0.825. The number of nitrogens with two attached hydrogens (primary N) is 1. The number of ether oxygens (including phenoxy) is 1. The number of benzene rings is 1. The van der Waals surface area contributed by atoms with Crippen molar-refractivity contribution < 1.29 is 4.74 Å². The summed E-state index contributed by atoms with van der Waals surface area (Å²) in [7, 11) is 1.70. The number of nitrogens with zero attached hydrogens (tertiary/aromatic N) is 1. The largest absolute Gasteiger partial charge is 0.496 e. The molecule has 0 aromatic heterocycles. The first kappa shape index (κ1) is 13.8. The fourth-order valence-electron chi connectivity index (χ4n) is 2.16. The Bertz CT molecular complexity index is 350. The van der Waals surface area contributed by atoms with Crippen molar-refractivity contribution in [1.29, 1.82) is 0 Å². The van der Waals surface area contributed by atoms with Crippen LogP contribution in [0.15, 0.2) is 18.2 Å². The Morgan fingerprint density at radius 3 is 2.53 bits per heavy atom. The van der Waals surface area contributed by atoms with Gasteiger partial charge in [0.2, 0.25) is 0 Å². The van der Waals surface area contributed by atoms with E-state index < -0.39 is 0 Å². The van der Waals surface area contributed by atoms with Gasteiger partial charge in [-0.3, -0.25) is 0 Å². The highest BCUT2D eigenvalue weighted by molar-refractivity contribution is 5.60. The summed E-state index contributed by atoms with van der Waals surface area (Å²) in [5, 5.41) is 0. The van der Waals surface area contributed by atoms with E-state index in [4.69, 9.17) is 10.5 Å². The molecule has 0 fully saturated rings. The lowest BCUT2D eigenvalue weighted by atomic mass is 10.0. The van der Waals surface area contributed by atoms with E-state index in [1.54, 1.807) is 7.11 Å². The number of hydrogen-bond donors (Lipinski definition) is 1. The van der Waals surface area contributed by atoms with Crippen LogP contribution in [-0.2, 0) is 0 Å². The molecule has 0 aliphatic rings. The van der Waals surface area contributed by atoms with Crippen LogP contribution in [0.25, 0.3) is 0 Å². The van der Waals surface area contributed by atoms with Crippen molar-refractivity contribution in [2.24, 2.45) is 5.73 Å². The summed E-state index contributed by atoms with van der Waals surface area (Å²) >= 11 is 0. The van der Waals surface area contributed by atoms with Gasteiger partial charge >= 0.3 is 0 Å². The van der Waals surface area contributed by atoms with Crippen molar-refractivity contribution in [3.8, 4) is 5.75 Å². The first-order valence-electron chi connectivity index (χ1n) is 6.33. The van der Waals surface area contributed by atoms with Crippen molar-refractivity contribution >= 4 is 5.69 Å². The predicted octanol–water partition coefficient (Wildman–Crippen LogP) is 2.95. The van der Waals surface area contributed by atoms with Crippen LogP contribution < -0.4 is 15.4 Å². The van der Waals surface area contributed by atoms with Gasteiger partial charge in [0.25, 0.3) is 0 Å². The molecule has 1 aromatic carbocycles. The Morgan fingerprint density at radius 2 is 2.06 bits per heavy atom. The summed E-state index contributed by atoms with van der Waals surface area (Å²) in [4.78, 5) is 2.35. The second kappa shape index (κ2) is 6.50. The number of anilines is 1. The first-order valence-corrected chi connectivity index (χ1v) is 6.33. The van der Waals surface area contributed by atoms with E-state index in [0.29, 0.717) is 0 Å². The van der Waals surface area contributed by atoms with Gasteiger partial charge in [0.1, 0.15) is 5.75 Å². The average Bonchev–Trinajstić information content (AvgIpc) is 2.34. The third-order valence-electron chi connectivity index (χ3n) is 2.93. The van der Waals surface area contributed by atoms with Gasteiger partial charge < -0.3 is 15.4 Å². The molecule has 3 nitrogen and oxygen atoms in total. The molecule has 0 bridgehead atoms. The molecule has 1 aromatic rings. The van der Waals surface area contributed by atoms with Crippen LogP contribution in [0.2, 0.25) is 0 Å². The summed E-state index contributed by atoms with van der Waals surface area (Å²) in [5.41, 5.74) is 8.37. The second-order valence-corrected chi connectivity index (χ2v) is 4.26. The SMILES string of the molecule is CCCN(CC)c1cccc(OC)c1C(C)N. The molecule has 2 N–H and O–H groups in total. The minimum Gasteiger partial charge on any atom is -0.496 e. The summed E-state index contributed by atoms with van der Waals surface area (Å²) in [5.74, 6) is 0.882. The van der Waals surface area contributed by atoms with E-state index in [0.717, 1.165) is 30.8 Å². The van der Waals surface area contributed by atoms with Gasteiger partial charge in [-0.25, -0.2) is 0 Å². The predicted molar refractivity (Wildman–Crippen MR) is 73.8 cm³/mol. The molecule has 0 saturated heterocycles. The van der Waals surface area contributed by atoms with Crippen LogP contribution >= 0.6 is 0 Å². The molecule has 17 heavy (non-hydrogen) atoms. The summed E-state index contributed by atoms with van der Waals surface area (Å²) in [6.45, 7) is 8.39. The van der Waals surface area contributed by atoms with Gasteiger partial charge in [-0.15, -0.1) is 0 Å². The number of rotatable bonds is 6. The second-order valence-electron chi connectivity index (χ2n) is 4.26. The highest BCUT2D eigenvalue weighted by Crippen LogP contribution is 2.33. The van der Waals surface area contributed by atoms with E-state index in [1.165, 1.54) is 5.69 Å². The fraction of sp³-hybridized carbons (Fsp3) is 0.571. The molecule has 96 valence electrons. The van der Waals surface area contributed by atoms with E-state index in [-0.39, 0.29) is 6.04 Å². The normalized spacial score (nSPS) is 12.3. The lowest BCUT2D eigenvalue weighted by Gasteiger charge is -2.27. The summed E-state index contributed by atoms with van der Waals surface area (Å²) in [6.07, 6.45) is 1.13. The molecule has 0 radical (unpaired) electrons. The molecular weight excluding hydrogens is 212 g/mol. The molecule has 1 atom stereocenters. The topological polar surface area (TPSA) is 38.5 Å². The molecular formula is C14H24N2O. The van der Waals surface area contributed by atoms with Crippen LogP contribution in [0.4, 0.5) is 5.69 Å². The van der Waals surface area contributed by atoms with Crippen molar-refractivity contribution in [2.75, 3.05) is 25.1 Å². The van der Waals surface area contributed by atoms with Gasteiger partial charge in [-0.2, -0.15) is 0 Å². The van der Waals surface area contributed by atoms with Gasteiger partial charge in [-0.05, 0) is 32.4 Å². The van der Waals surface area contributed by atoms with E-state index in [1.807, 2.05) is 19.1 Å². The zero-order valence-electron chi connectivity index (χ0n) is 11.4. The summed E-state index contributed by atoms with van der Waals surface area (Å²) in [6, 6.07) is 6.10. The first-order chi connectivity index (χ1) is 8.15. The Hall–Kier alpha value is -1.22. The molecule has 0 saturated carbocycles. The van der Waals surface area contributed by atoms with Crippen molar-refractivity contribution in [3.05, 3.63) is 23.8 Å². The lowest BCUT2D eigenvalue weighted by Crippen LogP contribution is -2.26. The maximum atomic E-state index is 6.07. The fourth-order valence-corrected chi connectivity index (χ4v) is 2.16. The van der Waals surface area contributed by atoms with Crippen LogP contribution in [0.3, 0.4) is 0 Å². The smallest absolute Gasteiger partial charge is 0.125 e. The third kappa shape index (κ3) is 3.13. The third-order valence-corrected chi connectivity index (χ3v) is 2.93. The van der Waals surface area contributed by atoms with Gasteiger partial charge in [-0.1, -0.05) is 13.0 Å². The van der Waals surface area contributed by atoms with Gasteiger partial charge in [0.05, 0.1) is 7.11 Å². The maximum Gasteiger partial charge on any atom is 0.125 e. The summed E-state index contributed by atoms with van der Waals surface area (Å²) < 4.78 is 5.41. The Balaban J connectivity index is 3.20. The lowest BCUT2D eigenvalue weighted by molar-refractivity contribution is 0.407. The van der Waals surface area contributed by atoms with E-state index in [9.17, 15) is 0 Å². The number of hydrogen-bond acceptors (Lipinski definition) is 3. The molecule has 0 heterocycles. The molecule has 1 unspecified atom stereocenters. The van der Waals surface area contributed by atoms with Crippen LogP contribution in [0, 0.1) is 0 Å². The van der Waals surface area contributed by atoms with Crippen LogP contribution in [-0.4, -0.2) is 20.2 Å². The standard InChI is InChI=1S/C14H24N2O/c1-5-10-16(6-2)12-8-7-9-13(17-4)14(12)11(3)15/h7-9,11H,5-6,10,15H2,1-4H3. The van der Waals surface area contributed by atoms with Crippen molar-refractivity contribution in [2.45, 2.75) is 33.2 Å².